The molecule has 0 radical (unpaired) electrons. The first-order valence-corrected chi connectivity index (χ1v) is 9.17. The van der Waals surface area contributed by atoms with Gasteiger partial charge in [-0.25, -0.2) is 4.79 Å². The summed E-state index contributed by atoms with van der Waals surface area (Å²) < 4.78 is 43.5. The smallest absolute Gasteiger partial charge is 0.416 e. The Balaban J connectivity index is 2.11. The van der Waals surface area contributed by atoms with E-state index in [1.165, 1.54) is 7.11 Å². The van der Waals surface area contributed by atoms with Crippen LogP contribution < -0.4 is 5.32 Å². The van der Waals surface area contributed by atoms with Crippen LogP contribution in [0.1, 0.15) is 22.8 Å². The fraction of sp³-hybridized carbons (Fsp3) is 0.263. The number of aliphatic hydroxyl groups excluding tert-OH is 1. The molecule has 0 bridgehead atoms. The third kappa shape index (κ3) is 5.93. The molecule has 2 rings (SSSR count). The minimum Gasteiger partial charge on any atom is -0.467 e. The molecule has 0 aromatic heterocycles. The number of methoxy groups -OCH3 is 1. The van der Waals surface area contributed by atoms with Gasteiger partial charge in [0.05, 0.1) is 12.7 Å². The molecule has 0 unspecified atom stereocenters. The SMILES string of the molecule is COC(=O)[C@@H](Cc1ccc(I)cc1)NC(=O)[C@@H](O)c1ccc(C(F)(F)F)cc1. The van der Waals surface area contributed by atoms with Crippen LogP contribution in [0.25, 0.3) is 0 Å². The lowest BCUT2D eigenvalue weighted by Gasteiger charge is -2.19. The Hall–Kier alpha value is -2.14. The molecular weight excluding hydrogens is 490 g/mol. The van der Waals surface area contributed by atoms with Crippen molar-refractivity contribution in [1.29, 1.82) is 0 Å². The zero-order chi connectivity index (χ0) is 20.9. The van der Waals surface area contributed by atoms with Crippen LogP contribution in [0.4, 0.5) is 13.2 Å². The van der Waals surface area contributed by atoms with E-state index in [0.717, 1.165) is 33.4 Å². The van der Waals surface area contributed by atoms with Gasteiger partial charge in [-0.3, -0.25) is 4.79 Å². The first-order chi connectivity index (χ1) is 13.1. The normalized spacial score (nSPS) is 13.5. The van der Waals surface area contributed by atoms with Gasteiger partial charge in [0.25, 0.3) is 5.91 Å². The highest BCUT2D eigenvalue weighted by molar-refractivity contribution is 14.1. The molecule has 2 N–H and O–H groups in total. The Morgan fingerprint density at radius 1 is 1.11 bits per heavy atom. The summed E-state index contributed by atoms with van der Waals surface area (Å²) in [5, 5.41) is 12.5. The molecule has 0 aliphatic heterocycles. The third-order valence-electron chi connectivity index (χ3n) is 3.96. The number of aliphatic hydroxyl groups is 1. The van der Waals surface area contributed by atoms with E-state index in [4.69, 9.17) is 0 Å². The van der Waals surface area contributed by atoms with Crippen molar-refractivity contribution in [1.82, 2.24) is 5.32 Å². The summed E-state index contributed by atoms with van der Waals surface area (Å²) in [4.78, 5) is 24.3. The van der Waals surface area contributed by atoms with Gasteiger partial charge in [0.15, 0.2) is 6.10 Å². The van der Waals surface area contributed by atoms with E-state index in [1.807, 2.05) is 12.1 Å². The fourth-order valence-electron chi connectivity index (χ4n) is 2.45. The summed E-state index contributed by atoms with van der Waals surface area (Å²) in [5.41, 5.74) is -0.154. The third-order valence-corrected chi connectivity index (χ3v) is 4.68. The Labute approximate surface area is 173 Å². The largest absolute Gasteiger partial charge is 0.467 e. The molecular formula is C19H17F3INO4. The predicted molar refractivity (Wildman–Crippen MR) is 103 cm³/mol. The van der Waals surface area contributed by atoms with Gasteiger partial charge >= 0.3 is 12.1 Å². The molecule has 0 saturated carbocycles. The predicted octanol–water partition coefficient (Wildman–Crippen LogP) is 3.24. The van der Waals surface area contributed by atoms with Gasteiger partial charge in [-0.2, -0.15) is 13.2 Å². The quantitative estimate of drug-likeness (QED) is 0.465. The van der Waals surface area contributed by atoms with Gasteiger partial charge in [-0.1, -0.05) is 24.3 Å². The number of benzene rings is 2. The summed E-state index contributed by atoms with van der Waals surface area (Å²) in [6.45, 7) is 0. The first-order valence-electron chi connectivity index (χ1n) is 8.09. The average Bonchev–Trinajstić information content (AvgIpc) is 2.67. The fourth-order valence-corrected chi connectivity index (χ4v) is 2.81. The molecule has 1 amide bonds. The topological polar surface area (TPSA) is 75.6 Å². The van der Waals surface area contributed by atoms with Gasteiger partial charge < -0.3 is 15.2 Å². The number of hydrogen-bond acceptors (Lipinski definition) is 4. The van der Waals surface area contributed by atoms with Crippen LogP contribution in [0, 0.1) is 3.57 Å². The number of esters is 1. The van der Waals surface area contributed by atoms with E-state index >= 15 is 0 Å². The lowest BCUT2D eigenvalue weighted by molar-refractivity contribution is -0.146. The molecule has 0 fully saturated rings. The lowest BCUT2D eigenvalue weighted by atomic mass is 10.0. The maximum atomic E-state index is 12.6. The second-order valence-corrected chi connectivity index (χ2v) is 7.18. The number of carbonyl (C=O) groups is 2. The minimum atomic E-state index is -4.52. The van der Waals surface area contributed by atoms with Crippen LogP contribution in [0.3, 0.4) is 0 Å². The molecule has 0 aliphatic rings. The number of nitrogens with one attached hydrogen (secondary N) is 1. The lowest BCUT2D eigenvalue weighted by Crippen LogP contribution is -2.45. The van der Waals surface area contributed by atoms with Crippen LogP contribution in [0.15, 0.2) is 48.5 Å². The van der Waals surface area contributed by atoms with Crippen molar-refractivity contribution in [2.24, 2.45) is 0 Å². The Morgan fingerprint density at radius 3 is 2.18 bits per heavy atom. The molecule has 0 aliphatic carbocycles. The van der Waals surface area contributed by atoms with E-state index in [-0.39, 0.29) is 12.0 Å². The Morgan fingerprint density at radius 2 is 1.68 bits per heavy atom. The average molecular weight is 507 g/mol. The van der Waals surface area contributed by atoms with Crippen molar-refractivity contribution in [3.8, 4) is 0 Å². The number of ether oxygens (including phenoxy) is 1. The van der Waals surface area contributed by atoms with E-state index in [1.54, 1.807) is 12.1 Å². The highest BCUT2D eigenvalue weighted by Crippen LogP contribution is 2.30. The van der Waals surface area contributed by atoms with E-state index in [9.17, 15) is 27.9 Å². The van der Waals surface area contributed by atoms with E-state index in [2.05, 4.69) is 32.6 Å². The standard InChI is InChI=1S/C19H17F3INO4/c1-28-18(27)15(10-11-2-8-14(23)9-3-11)24-17(26)16(25)12-4-6-13(7-5-12)19(20,21)22/h2-9,15-16,25H,10H2,1H3,(H,24,26)/t15-,16+/m1/s1. The Kier molecular flexibility index (Phi) is 7.41. The molecule has 0 heterocycles. The van der Waals surface area contributed by atoms with Crippen LogP contribution >= 0.6 is 22.6 Å². The van der Waals surface area contributed by atoms with Crippen molar-refractivity contribution in [3.63, 3.8) is 0 Å². The van der Waals surface area contributed by atoms with Crippen molar-refractivity contribution < 1.29 is 32.6 Å². The van der Waals surface area contributed by atoms with Crippen molar-refractivity contribution in [3.05, 3.63) is 68.8 Å². The minimum absolute atomic E-state index is 0.0246. The maximum absolute atomic E-state index is 12.6. The molecule has 2 aromatic rings. The molecule has 9 heteroatoms. The number of alkyl halides is 3. The van der Waals surface area contributed by atoms with E-state index < -0.39 is 35.8 Å². The molecule has 0 saturated heterocycles. The summed E-state index contributed by atoms with van der Waals surface area (Å²) in [5.74, 6) is -1.62. The number of halogens is 4. The molecule has 5 nitrogen and oxygen atoms in total. The zero-order valence-electron chi connectivity index (χ0n) is 14.7. The summed E-state index contributed by atoms with van der Waals surface area (Å²) in [6.07, 6.45) is -6.12. The summed E-state index contributed by atoms with van der Waals surface area (Å²) in [7, 11) is 1.17. The van der Waals surface area contributed by atoms with Crippen molar-refractivity contribution >= 4 is 34.5 Å². The molecule has 2 aromatic carbocycles. The molecule has 150 valence electrons. The number of carbonyl (C=O) groups excluding carboxylic acids is 2. The first kappa shape index (κ1) is 22.2. The van der Waals surface area contributed by atoms with Crippen LogP contribution in [-0.2, 0) is 26.9 Å². The summed E-state index contributed by atoms with van der Waals surface area (Å²) >= 11 is 2.13. The van der Waals surface area contributed by atoms with E-state index in [0.29, 0.717) is 0 Å². The van der Waals surface area contributed by atoms with Gasteiger partial charge in [0.1, 0.15) is 6.04 Å². The second-order valence-electron chi connectivity index (χ2n) is 5.94. The van der Waals surface area contributed by atoms with Gasteiger partial charge in [0.2, 0.25) is 0 Å². The maximum Gasteiger partial charge on any atom is 0.416 e. The summed E-state index contributed by atoms with van der Waals surface area (Å²) in [6, 6.07) is 9.77. The molecule has 28 heavy (non-hydrogen) atoms. The second kappa shape index (κ2) is 9.37. The van der Waals surface area contributed by atoms with Crippen molar-refractivity contribution in [2.45, 2.75) is 24.7 Å². The molecule has 2 atom stereocenters. The number of amides is 1. The van der Waals surface area contributed by atoms with Crippen LogP contribution in [-0.4, -0.2) is 30.1 Å². The highest BCUT2D eigenvalue weighted by Gasteiger charge is 2.31. The van der Waals surface area contributed by atoms with Gasteiger partial charge in [-0.05, 0) is 58.0 Å². The Bertz CT molecular complexity index is 823. The number of hydrogen-bond donors (Lipinski definition) is 2. The van der Waals surface area contributed by atoms with Crippen LogP contribution in [0.2, 0.25) is 0 Å². The van der Waals surface area contributed by atoms with Gasteiger partial charge in [-0.15, -0.1) is 0 Å². The molecule has 0 spiro atoms. The zero-order valence-corrected chi connectivity index (χ0v) is 16.8. The van der Waals surface area contributed by atoms with Crippen molar-refractivity contribution in [2.75, 3.05) is 7.11 Å². The number of rotatable bonds is 6. The highest BCUT2D eigenvalue weighted by atomic mass is 127. The van der Waals surface area contributed by atoms with Gasteiger partial charge in [0, 0.05) is 9.99 Å². The van der Waals surface area contributed by atoms with Crippen LogP contribution in [0.5, 0.6) is 0 Å². The monoisotopic (exact) mass is 507 g/mol.